The first-order valence-electron chi connectivity index (χ1n) is 5.50. The first-order valence-corrected chi connectivity index (χ1v) is 7.03. The molecule has 1 rings (SSSR count). The van der Waals surface area contributed by atoms with Crippen molar-refractivity contribution in [1.29, 1.82) is 0 Å². The van der Waals surface area contributed by atoms with Gasteiger partial charge >= 0.3 is 7.67 Å². The van der Waals surface area contributed by atoms with Crippen LogP contribution in [0, 0.1) is 13.8 Å². The molecule has 0 aromatic heterocycles. The molecule has 0 saturated carbocycles. The van der Waals surface area contributed by atoms with Gasteiger partial charge in [-0.15, -0.1) is 0 Å². The molecule has 0 aliphatic carbocycles. The van der Waals surface area contributed by atoms with Gasteiger partial charge in [0.25, 0.3) is 0 Å². The summed E-state index contributed by atoms with van der Waals surface area (Å²) in [7, 11) is 4.06. The zero-order valence-corrected chi connectivity index (χ0v) is 12.3. The molecule has 17 heavy (non-hydrogen) atoms. The predicted molar refractivity (Wildman–Crippen MR) is 71.5 cm³/mol. The minimum absolute atomic E-state index is 0.668. The van der Waals surface area contributed by atoms with Crippen molar-refractivity contribution in [2.75, 3.05) is 28.2 Å². The molecule has 0 N–H and O–H groups in total. The van der Waals surface area contributed by atoms with Crippen LogP contribution in [-0.2, 0) is 4.57 Å². The number of benzene rings is 1. The molecule has 4 nitrogen and oxygen atoms in total. The van der Waals surface area contributed by atoms with Crippen LogP contribution < -0.4 is 4.52 Å². The lowest BCUT2D eigenvalue weighted by atomic mass is 10.1. The predicted octanol–water partition coefficient (Wildman–Crippen LogP) is 2.91. The zero-order chi connectivity index (χ0) is 13.2. The monoisotopic (exact) mass is 256 g/mol. The van der Waals surface area contributed by atoms with Gasteiger partial charge in [0.15, 0.2) is 0 Å². The second-order valence-corrected chi connectivity index (χ2v) is 7.31. The number of rotatable bonds is 4. The topological polar surface area (TPSA) is 32.8 Å². The van der Waals surface area contributed by atoms with Crippen LogP contribution in [0.2, 0.25) is 0 Å². The van der Waals surface area contributed by atoms with Gasteiger partial charge in [-0.3, -0.25) is 0 Å². The van der Waals surface area contributed by atoms with Crippen LogP contribution in [0.1, 0.15) is 11.1 Å². The Morgan fingerprint density at radius 2 is 1.59 bits per heavy atom. The maximum atomic E-state index is 12.6. The van der Waals surface area contributed by atoms with Gasteiger partial charge in [-0.05, 0) is 53.7 Å². The summed E-state index contributed by atoms with van der Waals surface area (Å²) in [6.07, 6.45) is 0. The van der Waals surface area contributed by atoms with Crippen molar-refractivity contribution in [2.24, 2.45) is 0 Å². The van der Waals surface area contributed by atoms with Crippen molar-refractivity contribution in [3.8, 4) is 5.75 Å². The smallest absolute Gasteiger partial charge is 0.394 e. The lowest BCUT2D eigenvalue weighted by Crippen LogP contribution is -2.24. The van der Waals surface area contributed by atoms with E-state index >= 15 is 0 Å². The van der Waals surface area contributed by atoms with E-state index in [0.717, 1.165) is 5.56 Å². The average molecular weight is 256 g/mol. The second-order valence-electron chi connectivity index (χ2n) is 4.55. The Morgan fingerprint density at radius 1 is 1.06 bits per heavy atom. The highest BCUT2D eigenvalue weighted by Gasteiger charge is 2.31. The molecular formula is C12H21N2O2P. The van der Waals surface area contributed by atoms with Crippen molar-refractivity contribution in [1.82, 2.24) is 9.34 Å². The Balaban J connectivity index is 3.07. The molecule has 1 aromatic rings. The lowest BCUT2D eigenvalue weighted by molar-refractivity contribution is 0.353. The highest BCUT2D eigenvalue weighted by molar-refractivity contribution is 7.54. The van der Waals surface area contributed by atoms with Gasteiger partial charge in [-0.1, -0.05) is 17.7 Å². The Morgan fingerprint density at radius 3 is 2.00 bits per heavy atom. The van der Waals surface area contributed by atoms with Crippen molar-refractivity contribution < 1.29 is 9.09 Å². The van der Waals surface area contributed by atoms with E-state index < -0.39 is 7.67 Å². The molecule has 0 atom stereocenters. The van der Waals surface area contributed by atoms with Gasteiger partial charge < -0.3 is 4.52 Å². The highest BCUT2D eigenvalue weighted by atomic mass is 31.2. The first kappa shape index (κ1) is 14.2. The third-order valence-electron chi connectivity index (χ3n) is 2.56. The molecule has 0 aliphatic rings. The molecule has 0 radical (unpaired) electrons. The Bertz CT molecular complexity index is 432. The fraction of sp³-hybridized carbons (Fsp3) is 0.500. The molecule has 0 unspecified atom stereocenters. The van der Waals surface area contributed by atoms with Gasteiger partial charge in [-0.25, -0.2) is 13.9 Å². The Kier molecular flexibility index (Phi) is 4.36. The number of aryl methyl sites for hydroxylation is 2. The minimum Gasteiger partial charge on any atom is -0.422 e. The Labute approximate surface area is 104 Å². The summed E-state index contributed by atoms with van der Waals surface area (Å²) in [6.45, 7) is 3.98. The second kappa shape index (κ2) is 5.21. The Hall–Kier alpha value is -0.830. The maximum absolute atomic E-state index is 12.6. The minimum atomic E-state index is -2.96. The molecule has 0 aliphatic heterocycles. The molecular weight excluding hydrogens is 235 g/mol. The molecule has 0 saturated heterocycles. The quantitative estimate of drug-likeness (QED) is 0.775. The standard InChI is InChI=1S/C12H21N2O2P/c1-10-7-8-12(11(2)9-10)16-17(15,13(3)4)14(5)6/h7-9H,1-6H3. The summed E-state index contributed by atoms with van der Waals surface area (Å²) in [5.74, 6) is 0.668. The number of hydrogen-bond acceptors (Lipinski definition) is 2. The van der Waals surface area contributed by atoms with E-state index in [4.69, 9.17) is 4.52 Å². The van der Waals surface area contributed by atoms with Crippen LogP contribution in [-0.4, -0.2) is 37.5 Å². The third-order valence-corrected chi connectivity index (χ3v) is 5.02. The summed E-state index contributed by atoms with van der Waals surface area (Å²) < 4.78 is 21.6. The van der Waals surface area contributed by atoms with E-state index in [9.17, 15) is 4.57 Å². The van der Waals surface area contributed by atoms with Crippen LogP contribution in [0.15, 0.2) is 18.2 Å². The molecule has 0 bridgehead atoms. The molecule has 1 aromatic carbocycles. The van der Waals surface area contributed by atoms with Crippen molar-refractivity contribution in [3.63, 3.8) is 0 Å². The van der Waals surface area contributed by atoms with Crippen LogP contribution in [0.4, 0.5) is 0 Å². The number of hydrogen-bond donors (Lipinski definition) is 0. The summed E-state index contributed by atoms with van der Waals surface area (Å²) in [5.41, 5.74) is 2.16. The largest absolute Gasteiger partial charge is 0.422 e. The summed E-state index contributed by atoms with van der Waals surface area (Å²) in [4.78, 5) is 0. The van der Waals surface area contributed by atoms with Gasteiger partial charge in [0, 0.05) is 0 Å². The van der Waals surface area contributed by atoms with Gasteiger partial charge in [0.1, 0.15) is 5.75 Å². The van der Waals surface area contributed by atoms with Crippen molar-refractivity contribution in [3.05, 3.63) is 29.3 Å². The molecule has 0 heterocycles. The van der Waals surface area contributed by atoms with E-state index in [1.807, 2.05) is 32.0 Å². The lowest BCUT2D eigenvalue weighted by Gasteiger charge is -2.30. The molecule has 0 amide bonds. The van der Waals surface area contributed by atoms with E-state index in [1.54, 1.807) is 37.5 Å². The van der Waals surface area contributed by atoms with Crippen molar-refractivity contribution in [2.45, 2.75) is 13.8 Å². The summed E-state index contributed by atoms with van der Waals surface area (Å²) in [6, 6.07) is 5.84. The molecule has 0 fully saturated rings. The van der Waals surface area contributed by atoms with E-state index in [1.165, 1.54) is 5.56 Å². The van der Waals surface area contributed by atoms with Crippen molar-refractivity contribution >= 4 is 7.67 Å². The van der Waals surface area contributed by atoms with Crippen LogP contribution >= 0.6 is 7.67 Å². The fourth-order valence-corrected chi connectivity index (χ4v) is 3.05. The average Bonchev–Trinajstić information content (AvgIpc) is 2.21. The molecule has 96 valence electrons. The fourth-order valence-electron chi connectivity index (χ4n) is 1.55. The van der Waals surface area contributed by atoms with Gasteiger partial charge in [-0.2, -0.15) is 0 Å². The first-order chi connectivity index (χ1) is 7.77. The normalized spacial score (nSPS) is 12.2. The summed E-state index contributed by atoms with van der Waals surface area (Å²) >= 11 is 0. The molecule has 0 spiro atoms. The third kappa shape index (κ3) is 3.09. The van der Waals surface area contributed by atoms with E-state index in [-0.39, 0.29) is 0 Å². The van der Waals surface area contributed by atoms with Gasteiger partial charge in [0.05, 0.1) is 0 Å². The van der Waals surface area contributed by atoms with Crippen LogP contribution in [0.3, 0.4) is 0 Å². The number of nitrogens with zero attached hydrogens (tertiary/aromatic N) is 2. The SMILES string of the molecule is Cc1ccc(OP(=O)(N(C)C)N(C)C)c(C)c1. The highest BCUT2D eigenvalue weighted by Crippen LogP contribution is 2.50. The van der Waals surface area contributed by atoms with Crippen LogP contribution in [0.25, 0.3) is 0 Å². The van der Waals surface area contributed by atoms with E-state index in [2.05, 4.69) is 0 Å². The molecule has 5 heteroatoms. The summed E-state index contributed by atoms with van der Waals surface area (Å²) in [5, 5.41) is 0. The van der Waals surface area contributed by atoms with Crippen LogP contribution in [0.5, 0.6) is 5.75 Å². The zero-order valence-electron chi connectivity index (χ0n) is 11.4. The van der Waals surface area contributed by atoms with E-state index in [0.29, 0.717) is 5.75 Å². The maximum Gasteiger partial charge on any atom is 0.394 e. The van der Waals surface area contributed by atoms with Gasteiger partial charge in [0.2, 0.25) is 0 Å².